The van der Waals surface area contributed by atoms with Crippen molar-refractivity contribution in [3.63, 3.8) is 0 Å². The molecule has 4 rings (SSSR count). The molecule has 0 unspecified atom stereocenters. The maximum atomic E-state index is 11.7. The third-order valence-corrected chi connectivity index (χ3v) is 6.10. The van der Waals surface area contributed by atoms with Crippen molar-refractivity contribution < 1.29 is 4.79 Å². The number of nitrogens with one attached hydrogen (secondary N) is 1. The summed E-state index contributed by atoms with van der Waals surface area (Å²) in [4.78, 5) is 21.7. The Morgan fingerprint density at radius 1 is 1.27 bits per heavy atom. The summed E-state index contributed by atoms with van der Waals surface area (Å²) in [5.74, 6) is 0.568. The average molecular weight is 408 g/mol. The van der Waals surface area contributed by atoms with Gasteiger partial charge in [-0.3, -0.25) is 4.79 Å². The van der Waals surface area contributed by atoms with Crippen LogP contribution in [-0.4, -0.2) is 22.4 Å². The van der Waals surface area contributed by atoms with Crippen LogP contribution in [0, 0.1) is 5.92 Å². The van der Waals surface area contributed by atoms with Gasteiger partial charge in [-0.15, -0.1) is 11.3 Å². The summed E-state index contributed by atoms with van der Waals surface area (Å²) in [5.41, 5.74) is 13.2. The number of nitrogens with zero attached hydrogens (tertiary/aromatic N) is 2. The summed E-state index contributed by atoms with van der Waals surface area (Å²) in [7, 11) is 0. The number of nitrogen functional groups attached to an aromatic ring is 1. The number of primary amides is 1. The minimum absolute atomic E-state index is 0.273. The van der Waals surface area contributed by atoms with Crippen LogP contribution in [0.15, 0.2) is 18.2 Å². The molecule has 0 aliphatic heterocycles. The summed E-state index contributed by atoms with van der Waals surface area (Å²) in [6.45, 7) is 0.815. The van der Waals surface area contributed by atoms with Gasteiger partial charge in [0.2, 0.25) is 5.95 Å². The average Bonchev–Trinajstić information content (AvgIpc) is 3.37. The lowest BCUT2D eigenvalue weighted by Crippen LogP contribution is -2.10. The molecular weight excluding hydrogens is 393 g/mol. The van der Waals surface area contributed by atoms with Gasteiger partial charge in [-0.25, -0.2) is 9.97 Å². The SMILES string of the molecule is NC(=O)c1sc2nc(NCC3CC3)nc(-c3ccc(Cl)c(Cl)c3)c2c1N. The fourth-order valence-electron chi connectivity index (χ4n) is 2.69. The molecule has 0 radical (unpaired) electrons. The highest BCUT2D eigenvalue weighted by Crippen LogP contribution is 2.40. The van der Waals surface area contributed by atoms with Crippen molar-refractivity contribution in [3.05, 3.63) is 33.1 Å². The number of fused-ring (bicyclic) bond motifs is 1. The van der Waals surface area contributed by atoms with E-state index in [-0.39, 0.29) is 10.6 Å². The third kappa shape index (κ3) is 3.18. The third-order valence-electron chi connectivity index (χ3n) is 4.25. The molecule has 1 aromatic carbocycles. The molecule has 0 spiro atoms. The smallest absolute Gasteiger partial charge is 0.260 e. The molecule has 1 saturated carbocycles. The van der Waals surface area contributed by atoms with E-state index in [0.717, 1.165) is 23.4 Å². The van der Waals surface area contributed by atoms with Crippen molar-refractivity contribution >= 4 is 62.3 Å². The summed E-state index contributed by atoms with van der Waals surface area (Å²) >= 11 is 13.4. The Kier molecular flexibility index (Phi) is 4.38. The lowest BCUT2D eigenvalue weighted by atomic mass is 10.1. The van der Waals surface area contributed by atoms with Crippen LogP contribution in [0.4, 0.5) is 11.6 Å². The molecule has 6 nitrogen and oxygen atoms in total. The van der Waals surface area contributed by atoms with E-state index in [2.05, 4.69) is 15.3 Å². The van der Waals surface area contributed by atoms with Gasteiger partial charge >= 0.3 is 0 Å². The standard InChI is InChI=1S/C17H15Cl2N5OS/c18-9-4-3-8(5-10(9)19)13-11-12(20)14(15(21)25)26-16(11)24-17(23-13)22-6-7-1-2-7/h3-5,7H,1-2,6,20H2,(H2,21,25)(H,22,23,24). The van der Waals surface area contributed by atoms with Crippen molar-refractivity contribution in [2.75, 3.05) is 17.6 Å². The second-order valence-corrected chi connectivity index (χ2v) is 8.05. The van der Waals surface area contributed by atoms with Gasteiger partial charge in [0.05, 0.1) is 26.8 Å². The molecule has 0 bridgehead atoms. The van der Waals surface area contributed by atoms with E-state index in [1.165, 1.54) is 12.8 Å². The van der Waals surface area contributed by atoms with Gasteiger partial charge in [0.25, 0.3) is 5.91 Å². The summed E-state index contributed by atoms with van der Waals surface area (Å²) < 4.78 is 0. The van der Waals surface area contributed by atoms with Crippen LogP contribution in [-0.2, 0) is 0 Å². The Morgan fingerprint density at radius 3 is 2.69 bits per heavy atom. The lowest BCUT2D eigenvalue weighted by molar-refractivity contribution is 0.100. The number of rotatable bonds is 5. The van der Waals surface area contributed by atoms with Crippen molar-refractivity contribution in [1.82, 2.24) is 9.97 Å². The van der Waals surface area contributed by atoms with E-state index in [0.29, 0.717) is 37.8 Å². The first kappa shape index (κ1) is 17.3. The second-order valence-electron chi connectivity index (χ2n) is 6.24. The zero-order valence-corrected chi connectivity index (χ0v) is 15.9. The molecular formula is C17H15Cl2N5OS. The molecule has 9 heteroatoms. The normalized spacial score (nSPS) is 13.9. The molecule has 2 aromatic heterocycles. The number of anilines is 2. The number of nitrogens with two attached hydrogens (primary N) is 2. The predicted molar refractivity (Wildman–Crippen MR) is 107 cm³/mol. The number of thiophene rings is 1. The second kappa shape index (κ2) is 6.57. The predicted octanol–water partition coefficient (Wildman–Crippen LogP) is 4.17. The van der Waals surface area contributed by atoms with Crippen molar-refractivity contribution in [2.24, 2.45) is 11.7 Å². The first-order chi connectivity index (χ1) is 12.4. The van der Waals surface area contributed by atoms with Gasteiger partial charge < -0.3 is 16.8 Å². The number of hydrogen-bond acceptors (Lipinski definition) is 6. The maximum Gasteiger partial charge on any atom is 0.260 e. The van der Waals surface area contributed by atoms with Gasteiger partial charge in [-0.05, 0) is 30.9 Å². The Bertz CT molecular complexity index is 1030. The van der Waals surface area contributed by atoms with Crippen LogP contribution in [0.25, 0.3) is 21.5 Å². The summed E-state index contributed by atoms with van der Waals surface area (Å²) in [6.07, 6.45) is 2.43. The molecule has 3 aromatic rings. The van der Waals surface area contributed by atoms with Crippen LogP contribution in [0.5, 0.6) is 0 Å². The maximum absolute atomic E-state index is 11.7. The molecule has 1 fully saturated rings. The molecule has 1 aliphatic carbocycles. The Labute approximate surface area is 163 Å². The van der Waals surface area contributed by atoms with E-state index in [1.54, 1.807) is 12.1 Å². The molecule has 2 heterocycles. The minimum Gasteiger partial charge on any atom is -0.397 e. The Balaban J connectivity index is 1.91. The zero-order valence-electron chi connectivity index (χ0n) is 13.6. The van der Waals surface area contributed by atoms with E-state index in [4.69, 9.17) is 34.7 Å². The Hall–Kier alpha value is -2.09. The van der Waals surface area contributed by atoms with Crippen molar-refractivity contribution in [3.8, 4) is 11.3 Å². The van der Waals surface area contributed by atoms with Gasteiger partial charge in [0.1, 0.15) is 9.71 Å². The van der Waals surface area contributed by atoms with Crippen molar-refractivity contribution in [2.45, 2.75) is 12.8 Å². The van der Waals surface area contributed by atoms with Crippen LogP contribution in [0.2, 0.25) is 10.0 Å². The Morgan fingerprint density at radius 2 is 2.04 bits per heavy atom. The van der Waals surface area contributed by atoms with E-state index in [9.17, 15) is 4.79 Å². The summed E-state index contributed by atoms with van der Waals surface area (Å²) in [6, 6.07) is 5.22. The number of carbonyl (C=O) groups is 1. The first-order valence-corrected chi connectivity index (χ1v) is 9.60. The highest BCUT2D eigenvalue weighted by atomic mass is 35.5. The van der Waals surface area contributed by atoms with Gasteiger partial charge in [-0.2, -0.15) is 0 Å². The van der Waals surface area contributed by atoms with E-state index < -0.39 is 5.91 Å². The molecule has 0 saturated heterocycles. The molecule has 134 valence electrons. The number of carbonyl (C=O) groups excluding carboxylic acids is 1. The monoisotopic (exact) mass is 407 g/mol. The highest BCUT2D eigenvalue weighted by Gasteiger charge is 2.23. The fraction of sp³-hybridized carbons (Fsp3) is 0.235. The zero-order chi connectivity index (χ0) is 18.4. The number of amides is 1. The van der Waals surface area contributed by atoms with Crippen LogP contribution in [0.3, 0.4) is 0 Å². The van der Waals surface area contributed by atoms with Crippen LogP contribution < -0.4 is 16.8 Å². The largest absolute Gasteiger partial charge is 0.397 e. The van der Waals surface area contributed by atoms with Gasteiger partial charge in [0, 0.05) is 12.1 Å². The van der Waals surface area contributed by atoms with Gasteiger partial charge in [0.15, 0.2) is 0 Å². The van der Waals surface area contributed by atoms with E-state index in [1.807, 2.05) is 6.07 Å². The number of halogens is 2. The quantitative estimate of drug-likeness (QED) is 0.588. The van der Waals surface area contributed by atoms with Crippen molar-refractivity contribution in [1.29, 1.82) is 0 Å². The number of aromatic nitrogens is 2. The topological polar surface area (TPSA) is 107 Å². The molecule has 0 atom stereocenters. The van der Waals surface area contributed by atoms with Crippen LogP contribution >= 0.6 is 34.5 Å². The minimum atomic E-state index is -0.585. The fourth-order valence-corrected chi connectivity index (χ4v) is 3.94. The first-order valence-electron chi connectivity index (χ1n) is 8.03. The van der Waals surface area contributed by atoms with Gasteiger partial charge in [-0.1, -0.05) is 29.3 Å². The summed E-state index contributed by atoms with van der Waals surface area (Å²) in [5, 5.41) is 4.72. The lowest BCUT2D eigenvalue weighted by Gasteiger charge is -2.09. The number of hydrogen-bond donors (Lipinski definition) is 3. The molecule has 26 heavy (non-hydrogen) atoms. The molecule has 1 amide bonds. The molecule has 1 aliphatic rings. The van der Waals surface area contributed by atoms with E-state index >= 15 is 0 Å². The highest BCUT2D eigenvalue weighted by molar-refractivity contribution is 7.21. The molecule has 5 N–H and O–H groups in total. The number of benzene rings is 1. The van der Waals surface area contributed by atoms with Crippen LogP contribution in [0.1, 0.15) is 22.5 Å².